The van der Waals surface area contributed by atoms with E-state index in [0.29, 0.717) is 11.4 Å². The number of unbranched alkanes of at least 4 members (excludes halogenated alkanes) is 2. The highest BCUT2D eigenvalue weighted by Crippen LogP contribution is 2.29. The van der Waals surface area contributed by atoms with E-state index in [4.69, 9.17) is 16.3 Å². The third-order valence-corrected chi connectivity index (χ3v) is 3.64. The van der Waals surface area contributed by atoms with Crippen LogP contribution in [0.2, 0.25) is 5.02 Å². The molecule has 1 aliphatic rings. The molecule has 0 bridgehead atoms. The molecule has 1 unspecified atom stereocenters. The molecule has 0 aliphatic carbocycles. The number of nitrogens with zero attached hydrogens (tertiary/aromatic N) is 1. The minimum absolute atomic E-state index is 0.166. The normalized spacial score (nSPS) is 18.2. The molecule has 0 saturated carbocycles. The Kier molecular flexibility index (Phi) is 5.01. The van der Waals surface area contributed by atoms with Crippen LogP contribution in [0.5, 0.6) is 0 Å². The molecule has 1 saturated heterocycles. The third-order valence-electron chi connectivity index (χ3n) is 3.39. The SMILES string of the molecule is CCCCCC(=O)N1C(=O)OCC1c1ccc(Cl)cc1. The summed E-state index contributed by atoms with van der Waals surface area (Å²) < 4.78 is 5.02. The van der Waals surface area contributed by atoms with Crippen molar-refractivity contribution >= 4 is 23.6 Å². The molecule has 1 fully saturated rings. The number of hydrogen-bond donors (Lipinski definition) is 0. The summed E-state index contributed by atoms with van der Waals surface area (Å²) in [4.78, 5) is 25.2. The van der Waals surface area contributed by atoms with Gasteiger partial charge < -0.3 is 4.74 Å². The molecule has 0 aromatic heterocycles. The van der Waals surface area contributed by atoms with E-state index >= 15 is 0 Å². The Morgan fingerprint density at radius 2 is 2.05 bits per heavy atom. The first kappa shape index (κ1) is 14.9. The molecule has 0 N–H and O–H groups in total. The number of cyclic esters (lactones) is 1. The summed E-state index contributed by atoms with van der Waals surface area (Å²) in [5.41, 5.74) is 0.865. The Morgan fingerprint density at radius 1 is 1.35 bits per heavy atom. The number of benzene rings is 1. The Hall–Kier alpha value is -1.55. The maximum Gasteiger partial charge on any atom is 0.417 e. The average molecular weight is 296 g/mol. The van der Waals surface area contributed by atoms with Crippen LogP contribution in [0.4, 0.5) is 4.79 Å². The molecular formula is C15H18ClNO3. The standard InChI is InChI=1S/C15H18ClNO3/c1-2-3-4-5-14(18)17-13(10-20-15(17)19)11-6-8-12(16)9-7-11/h6-9,13H,2-5,10H2,1H3. The molecule has 20 heavy (non-hydrogen) atoms. The second kappa shape index (κ2) is 6.75. The van der Waals surface area contributed by atoms with Crippen LogP contribution in [-0.2, 0) is 9.53 Å². The molecule has 2 rings (SSSR count). The Bertz CT molecular complexity index is 486. The van der Waals surface area contributed by atoms with Crippen LogP contribution in [0.25, 0.3) is 0 Å². The zero-order chi connectivity index (χ0) is 14.5. The van der Waals surface area contributed by atoms with Crippen LogP contribution in [0.1, 0.15) is 44.2 Å². The highest BCUT2D eigenvalue weighted by atomic mass is 35.5. The number of imide groups is 1. The van der Waals surface area contributed by atoms with Gasteiger partial charge in [0, 0.05) is 11.4 Å². The highest BCUT2D eigenvalue weighted by Gasteiger charge is 2.38. The quantitative estimate of drug-likeness (QED) is 0.773. The van der Waals surface area contributed by atoms with Crippen LogP contribution < -0.4 is 0 Å². The molecule has 4 nitrogen and oxygen atoms in total. The van der Waals surface area contributed by atoms with E-state index < -0.39 is 6.09 Å². The topological polar surface area (TPSA) is 46.6 Å². The van der Waals surface area contributed by atoms with Crippen molar-refractivity contribution in [3.8, 4) is 0 Å². The summed E-state index contributed by atoms with van der Waals surface area (Å²) in [5.74, 6) is -0.166. The monoisotopic (exact) mass is 295 g/mol. The predicted octanol–water partition coefficient (Wildman–Crippen LogP) is 3.94. The molecule has 108 valence electrons. The van der Waals surface area contributed by atoms with Gasteiger partial charge in [-0.2, -0.15) is 0 Å². The number of halogens is 1. The second-order valence-corrected chi connectivity index (χ2v) is 5.30. The Balaban J connectivity index is 2.10. The van der Waals surface area contributed by atoms with Crippen LogP contribution in [0, 0.1) is 0 Å². The van der Waals surface area contributed by atoms with Gasteiger partial charge in [-0.15, -0.1) is 0 Å². The molecule has 1 aliphatic heterocycles. The maximum absolute atomic E-state index is 12.2. The van der Waals surface area contributed by atoms with Gasteiger partial charge in [-0.1, -0.05) is 43.5 Å². The lowest BCUT2D eigenvalue weighted by Crippen LogP contribution is -2.34. The third kappa shape index (κ3) is 3.31. The van der Waals surface area contributed by atoms with Crippen molar-refractivity contribution in [2.75, 3.05) is 6.61 Å². The van der Waals surface area contributed by atoms with E-state index in [2.05, 4.69) is 6.92 Å². The number of hydrogen-bond acceptors (Lipinski definition) is 3. The summed E-state index contributed by atoms with van der Waals surface area (Å²) in [7, 11) is 0. The summed E-state index contributed by atoms with van der Waals surface area (Å²) in [5, 5.41) is 0.625. The average Bonchev–Trinajstić information content (AvgIpc) is 2.82. The molecule has 1 aromatic carbocycles. The summed E-state index contributed by atoms with van der Waals surface area (Å²) in [6.07, 6.45) is 2.66. The Labute approximate surface area is 123 Å². The minimum atomic E-state index is -0.550. The summed E-state index contributed by atoms with van der Waals surface area (Å²) >= 11 is 5.85. The minimum Gasteiger partial charge on any atom is -0.446 e. The van der Waals surface area contributed by atoms with Gasteiger partial charge in [-0.3, -0.25) is 4.79 Å². The van der Waals surface area contributed by atoms with Gasteiger partial charge in [0.2, 0.25) is 5.91 Å². The zero-order valence-electron chi connectivity index (χ0n) is 11.5. The van der Waals surface area contributed by atoms with Crippen LogP contribution in [0.15, 0.2) is 24.3 Å². The molecule has 5 heteroatoms. The number of amides is 2. The fourth-order valence-electron chi connectivity index (χ4n) is 2.27. The van der Waals surface area contributed by atoms with Gasteiger partial charge in [0.15, 0.2) is 0 Å². The van der Waals surface area contributed by atoms with E-state index in [1.807, 2.05) is 12.1 Å². The van der Waals surface area contributed by atoms with Crippen molar-refractivity contribution in [3.63, 3.8) is 0 Å². The van der Waals surface area contributed by atoms with Gasteiger partial charge in [-0.05, 0) is 24.1 Å². The zero-order valence-corrected chi connectivity index (χ0v) is 12.2. The first-order valence-electron chi connectivity index (χ1n) is 6.87. The van der Waals surface area contributed by atoms with E-state index in [9.17, 15) is 9.59 Å². The van der Waals surface area contributed by atoms with Crippen molar-refractivity contribution < 1.29 is 14.3 Å². The largest absolute Gasteiger partial charge is 0.446 e. The second-order valence-electron chi connectivity index (χ2n) is 4.87. The van der Waals surface area contributed by atoms with Crippen molar-refractivity contribution in [3.05, 3.63) is 34.9 Å². The molecule has 1 aromatic rings. The number of carbonyl (C=O) groups excluding carboxylic acids is 2. The lowest BCUT2D eigenvalue weighted by Gasteiger charge is -2.19. The van der Waals surface area contributed by atoms with Gasteiger partial charge >= 0.3 is 6.09 Å². The van der Waals surface area contributed by atoms with Crippen molar-refractivity contribution in [1.29, 1.82) is 0 Å². The molecule has 2 amide bonds. The summed E-state index contributed by atoms with van der Waals surface area (Å²) in [6.45, 7) is 2.28. The van der Waals surface area contributed by atoms with E-state index in [-0.39, 0.29) is 18.6 Å². The number of ether oxygens (including phenoxy) is 1. The molecular weight excluding hydrogens is 278 g/mol. The van der Waals surface area contributed by atoms with Crippen molar-refractivity contribution in [1.82, 2.24) is 4.90 Å². The first-order chi connectivity index (χ1) is 9.63. The van der Waals surface area contributed by atoms with Gasteiger partial charge in [0.25, 0.3) is 0 Å². The van der Waals surface area contributed by atoms with E-state index in [1.165, 1.54) is 4.90 Å². The molecule has 1 atom stereocenters. The van der Waals surface area contributed by atoms with Gasteiger partial charge in [0.1, 0.15) is 12.6 Å². The Morgan fingerprint density at radius 3 is 2.70 bits per heavy atom. The smallest absolute Gasteiger partial charge is 0.417 e. The molecule has 1 heterocycles. The van der Waals surface area contributed by atoms with E-state index in [0.717, 1.165) is 24.8 Å². The maximum atomic E-state index is 12.2. The number of carbonyl (C=O) groups is 2. The lowest BCUT2D eigenvalue weighted by atomic mass is 10.1. The van der Waals surface area contributed by atoms with Crippen LogP contribution in [0.3, 0.4) is 0 Å². The van der Waals surface area contributed by atoms with Crippen molar-refractivity contribution in [2.24, 2.45) is 0 Å². The number of rotatable bonds is 5. The van der Waals surface area contributed by atoms with Crippen molar-refractivity contribution in [2.45, 2.75) is 38.6 Å². The van der Waals surface area contributed by atoms with Gasteiger partial charge in [0.05, 0.1) is 0 Å². The molecule has 0 radical (unpaired) electrons. The first-order valence-corrected chi connectivity index (χ1v) is 7.25. The highest BCUT2D eigenvalue weighted by molar-refractivity contribution is 6.30. The lowest BCUT2D eigenvalue weighted by molar-refractivity contribution is -0.129. The summed E-state index contributed by atoms with van der Waals surface area (Å²) in [6, 6.07) is 6.80. The predicted molar refractivity (Wildman–Crippen MR) is 76.5 cm³/mol. The fraction of sp³-hybridized carbons (Fsp3) is 0.467. The van der Waals surface area contributed by atoms with Crippen LogP contribution in [-0.4, -0.2) is 23.5 Å². The molecule has 0 spiro atoms. The van der Waals surface area contributed by atoms with Gasteiger partial charge in [-0.25, -0.2) is 9.69 Å². The van der Waals surface area contributed by atoms with E-state index in [1.54, 1.807) is 12.1 Å². The fourth-order valence-corrected chi connectivity index (χ4v) is 2.40. The van der Waals surface area contributed by atoms with Crippen LogP contribution >= 0.6 is 11.6 Å².